The quantitative estimate of drug-likeness (QED) is 0.937. The third-order valence-corrected chi connectivity index (χ3v) is 3.36. The van der Waals surface area contributed by atoms with Crippen LogP contribution >= 0.6 is 0 Å². The first kappa shape index (κ1) is 15.4. The molecule has 1 aromatic carbocycles. The molecule has 0 saturated carbocycles. The van der Waals surface area contributed by atoms with Crippen molar-refractivity contribution < 1.29 is 22.6 Å². The number of alkyl halides is 3. The number of aromatic nitrogens is 2. The summed E-state index contributed by atoms with van der Waals surface area (Å²) in [6.45, 7) is 2.77. The molecule has 0 aliphatic carbocycles. The van der Waals surface area contributed by atoms with E-state index in [2.05, 4.69) is 15.3 Å². The van der Waals surface area contributed by atoms with E-state index in [-0.39, 0.29) is 12.0 Å². The highest BCUT2D eigenvalue weighted by atomic mass is 19.4. The third-order valence-electron chi connectivity index (χ3n) is 3.36. The molecule has 0 bridgehead atoms. The molecule has 1 unspecified atom stereocenters. The maximum absolute atomic E-state index is 12.7. The zero-order valence-corrected chi connectivity index (χ0v) is 12.2. The van der Waals surface area contributed by atoms with Crippen LogP contribution in [0.2, 0.25) is 0 Å². The van der Waals surface area contributed by atoms with Gasteiger partial charge in [0.2, 0.25) is 5.95 Å². The Bertz CT molecular complexity index is 707. The summed E-state index contributed by atoms with van der Waals surface area (Å²) in [4.78, 5) is 7.32. The van der Waals surface area contributed by atoms with Crippen molar-refractivity contribution in [1.29, 1.82) is 0 Å². The van der Waals surface area contributed by atoms with E-state index in [1.165, 1.54) is 0 Å². The summed E-state index contributed by atoms with van der Waals surface area (Å²) in [6, 6.07) is 5.92. The predicted molar refractivity (Wildman–Crippen MR) is 76.5 cm³/mol. The van der Waals surface area contributed by atoms with Crippen LogP contribution in [-0.4, -0.2) is 23.2 Å². The smallest absolute Gasteiger partial charge is 0.433 e. The molecule has 2 aromatic rings. The van der Waals surface area contributed by atoms with Crippen LogP contribution in [0.1, 0.15) is 24.2 Å². The second-order valence-electron chi connectivity index (χ2n) is 5.03. The van der Waals surface area contributed by atoms with Crippen molar-refractivity contribution in [2.24, 2.45) is 0 Å². The average molecular weight is 325 g/mol. The van der Waals surface area contributed by atoms with Crippen LogP contribution in [0.25, 0.3) is 0 Å². The molecule has 2 heterocycles. The molecule has 0 fully saturated rings. The predicted octanol–water partition coefficient (Wildman–Crippen LogP) is 3.44. The van der Waals surface area contributed by atoms with Crippen LogP contribution in [0.15, 0.2) is 30.5 Å². The number of halogens is 3. The molecule has 0 saturated heterocycles. The molecule has 1 N–H and O–H groups in total. The number of nitrogens with zero attached hydrogens (tertiary/aromatic N) is 2. The highest BCUT2D eigenvalue weighted by Crippen LogP contribution is 2.33. The molecular weight excluding hydrogens is 311 g/mol. The van der Waals surface area contributed by atoms with Gasteiger partial charge < -0.3 is 14.8 Å². The number of fused-ring (bicyclic) bond motifs is 1. The SMILES string of the molecule is CC(Nc1nccc(C(F)(F)F)n1)c1ccc2c(c1)OCCO2. The standard InChI is InChI=1S/C15H14F3N3O2/c1-9(10-2-3-11-12(8-10)23-7-6-22-11)20-14-19-5-4-13(21-14)15(16,17)18/h2-5,8-9H,6-7H2,1H3,(H,19,20,21). The Hall–Kier alpha value is -2.51. The van der Waals surface area contributed by atoms with Crippen LogP contribution < -0.4 is 14.8 Å². The summed E-state index contributed by atoms with van der Waals surface area (Å²) in [5.74, 6) is 1.19. The average Bonchev–Trinajstić information content (AvgIpc) is 2.54. The molecule has 1 aliphatic rings. The molecule has 1 aliphatic heterocycles. The second kappa shape index (κ2) is 5.94. The van der Waals surface area contributed by atoms with Gasteiger partial charge in [0, 0.05) is 6.20 Å². The van der Waals surface area contributed by atoms with E-state index in [0.717, 1.165) is 17.8 Å². The highest BCUT2D eigenvalue weighted by molar-refractivity contribution is 5.46. The lowest BCUT2D eigenvalue weighted by Gasteiger charge is -2.21. The van der Waals surface area contributed by atoms with E-state index in [9.17, 15) is 13.2 Å². The van der Waals surface area contributed by atoms with Gasteiger partial charge in [-0.25, -0.2) is 9.97 Å². The molecular formula is C15H14F3N3O2. The van der Waals surface area contributed by atoms with Gasteiger partial charge in [-0.2, -0.15) is 13.2 Å². The number of benzene rings is 1. The molecule has 5 nitrogen and oxygen atoms in total. The van der Waals surface area contributed by atoms with E-state index in [1.807, 2.05) is 6.07 Å². The molecule has 0 spiro atoms. The number of ether oxygens (including phenoxy) is 2. The van der Waals surface area contributed by atoms with Gasteiger partial charge in [0.15, 0.2) is 11.5 Å². The van der Waals surface area contributed by atoms with Crippen molar-refractivity contribution >= 4 is 5.95 Å². The van der Waals surface area contributed by atoms with Crippen molar-refractivity contribution in [3.05, 3.63) is 41.7 Å². The van der Waals surface area contributed by atoms with Crippen molar-refractivity contribution in [3.8, 4) is 11.5 Å². The summed E-state index contributed by atoms with van der Waals surface area (Å²) in [5, 5.41) is 2.86. The minimum Gasteiger partial charge on any atom is -0.486 e. The summed E-state index contributed by atoms with van der Waals surface area (Å²) in [7, 11) is 0. The maximum Gasteiger partial charge on any atom is 0.433 e. The van der Waals surface area contributed by atoms with Crippen LogP contribution in [0, 0.1) is 0 Å². The molecule has 3 rings (SSSR count). The summed E-state index contributed by atoms with van der Waals surface area (Å²) in [6.07, 6.45) is -3.42. The Labute approximate surface area is 130 Å². The molecule has 1 aromatic heterocycles. The van der Waals surface area contributed by atoms with E-state index in [4.69, 9.17) is 9.47 Å². The van der Waals surface area contributed by atoms with E-state index in [1.54, 1.807) is 19.1 Å². The number of anilines is 1. The molecule has 0 radical (unpaired) electrons. The van der Waals surface area contributed by atoms with Crippen molar-refractivity contribution in [2.75, 3.05) is 18.5 Å². The van der Waals surface area contributed by atoms with Crippen molar-refractivity contribution in [1.82, 2.24) is 9.97 Å². The summed E-state index contributed by atoms with van der Waals surface area (Å²) < 4.78 is 48.9. The molecule has 1 atom stereocenters. The lowest BCUT2D eigenvalue weighted by Crippen LogP contribution is -2.17. The first-order chi connectivity index (χ1) is 10.9. The lowest BCUT2D eigenvalue weighted by atomic mass is 10.1. The van der Waals surface area contributed by atoms with Gasteiger partial charge in [-0.3, -0.25) is 0 Å². The topological polar surface area (TPSA) is 56.3 Å². The van der Waals surface area contributed by atoms with Gasteiger partial charge in [-0.15, -0.1) is 0 Å². The maximum atomic E-state index is 12.7. The van der Waals surface area contributed by atoms with Gasteiger partial charge in [0.1, 0.15) is 18.9 Å². The monoisotopic (exact) mass is 325 g/mol. The van der Waals surface area contributed by atoms with Crippen molar-refractivity contribution in [2.45, 2.75) is 19.1 Å². The molecule has 8 heteroatoms. The number of hydrogen-bond acceptors (Lipinski definition) is 5. The third kappa shape index (κ3) is 3.46. The minimum atomic E-state index is -4.50. The fraction of sp³-hybridized carbons (Fsp3) is 0.333. The number of nitrogens with one attached hydrogen (secondary N) is 1. The first-order valence-corrected chi connectivity index (χ1v) is 7.00. The Morgan fingerprint density at radius 1 is 1.13 bits per heavy atom. The van der Waals surface area contributed by atoms with Gasteiger partial charge in [0.25, 0.3) is 0 Å². The Balaban J connectivity index is 1.78. The van der Waals surface area contributed by atoms with Crippen LogP contribution in [-0.2, 0) is 6.18 Å². The summed E-state index contributed by atoms with van der Waals surface area (Å²) >= 11 is 0. The Kier molecular flexibility index (Phi) is 3.97. The van der Waals surface area contributed by atoms with E-state index in [0.29, 0.717) is 24.7 Å². The highest BCUT2D eigenvalue weighted by Gasteiger charge is 2.32. The Morgan fingerprint density at radius 2 is 1.87 bits per heavy atom. The zero-order chi connectivity index (χ0) is 16.4. The number of hydrogen-bond donors (Lipinski definition) is 1. The molecule has 122 valence electrons. The van der Waals surface area contributed by atoms with Crippen molar-refractivity contribution in [3.63, 3.8) is 0 Å². The fourth-order valence-corrected chi connectivity index (χ4v) is 2.19. The van der Waals surface area contributed by atoms with Gasteiger partial charge >= 0.3 is 6.18 Å². The van der Waals surface area contributed by atoms with Crippen LogP contribution in [0.4, 0.5) is 19.1 Å². The molecule has 23 heavy (non-hydrogen) atoms. The van der Waals surface area contributed by atoms with Crippen LogP contribution in [0.5, 0.6) is 11.5 Å². The molecule has 0 amide bonds. The first-order valence-electron chi connectivity index (χ1n) is 7.00. The number of rotatable bonds is 3. The normalized spacial score (nSPS) is 15.1. The largest absolute Gasteiger partial charge is 0.486 e. The fourth-order valence-electron chi connectivity index (χ4n) is 2.19. The zero-order valence-electron chi connectivity index (χ0n) is 12.2. The van der Waals surface area contributed by atoms with Gasteiger partial charge in [0.05, 0.1) is 6.04 Å². The van der Waals surface area contributed by atoms with Crippen LogP contribution in [0.3, 0.4) is 0 Å². The Morgan fingerprint density at radius 3 is 2.61 bits per heavy atom. The lowest BCUT2D eigenvalue weighted by molar-refractivity contribution is -0.141. The minimum absolute atomic E-state index is 0.0813. The summed E-state index contributed by atoms with van der Waals surface area (Å²) in [5.41, 5.74) is -0.153. The van der Waals surface area contributed by atoms with Gasteiger partial charge in [-0.05, 0) is 30.7 Å². The van der Waals surface area contributed by atoms with Gasteiger partial charge in [-0.1, -0.05) is 6.07 Å². The van der Waals surface area contributed by atoms with E-state index < -0.39 is 11.9 Å². The second-order valence-corrected chi connectivity index (χ2v) is 5.03. The van der Waals surface area contributed by atoms with E-state index >= 15 is 0 Å².